The molecule has 0 fully saturated rings. The van der Waals surface area contributed by atoms with Crippen LogP contribution in [0.1, 0.15) is 23.6 Å². The molecular weight excluding hydrogens is 398 g/mol. The van der Waals surface area contributed by atoms with E-state index in [9.17, 15) is 18.4 Å². The number of amides is 2. The predicted molar refractivity (Wildman–Crippen MR) is 106 cm³/mol. The average Bonchev–Trinajstić information content (AvgIpc) is 2.76. The molecule has 2 rings (SSSR count). The van der Waals surface area contributed by atoms with Crippen LogP contribution >= 0.6 is 0 Å². The summed E-state index contributed by atoms with van der Waals surface area (Å²) in [5.74, 6) is -1.79. The van der Waals surface area contributed by atoms with Crippen LogP contribution in [0, 0.1) is 11.6 Å². The van der Waals surface area contributed by atoms with Crippen molar-refractivity contribution in [3.05, 3.63) is 53.1 Å². The predicted octanol–water partition coefficient (Wildman–Crippen LogP) is 2.53. The van der Waals surface area contributed by atoms with Gasteiger partial charge in [0.05, 0.1) is 21.3 Å². The van der Waals surface area contributed by atoms with Crippen molar-refractivity contribution in [2.45, 2.75) is 18.9 Å². The molecule has 1 unspecified atom stereocenters. The van der Waals surface area contributed by atoms with Gasteiger partial charge < -0.3 is 24.8 Å². The number of methoxy groups -OCH3 is 3. The van der Waals surface area contributed by atoms with Crippen LogP contribution in [0.3, 0.4) is 0 Å². The standard InChI is InChI=1S/C21H24F2N2O5/c1-24-21(27)19(13-6-7-14(22)15(23)11-13)25-18(26)8-5-12-9-16(28-2)20(30-4)17(10-12)29-3/h6-7,9-11,19H,5,8H2,1-4H3,(H,24,27)(H,25,26). The summed E-state index contributed by atoms with van der Waals surface area (Å²) in [4.78, 5) is 24.6. The van der Waals surface area contributed by atoms with Crippen molar-refractivity contribution < 1.29 is 32.6 Å². The Bertz CT molecular complexity index is 895. The molecule has 0 heterocycles. The SMILES string of the molecule is CNC(=O)C(NC(=O)CCc1cc(OC)c(OC)c(OC)c1)c1ccc(F)c(F)c1. The number of halogens is 2. The summed E-state index contributed by atoms with van der Waals surface area (Å²) in [6.07, 6.45) is 0.358. The van der Waals surface area contributed by atoms with Crippen molar-refractivity contribution in [2.24, 2.45) is 0 Å². The minimum Gasteiger partial charge on any atom is -0.493 e. The number of nitrogens with one attached hydrogen (secondary N) is 2. The average molecular weight is 422 g/mol. The van der Waals surface area contributed by atoms with Crippen molar-refractivity contribution in [1.29, 1.82) is 0 Å². The normalized spacial score (nSPS) is 11.4. The molecule has 0 aliphatic rings. The Balaban J connectivity index is 2.14. The molecule has 0 spiro atoms. The molecule has 2 aromatic rings. The van der Waals surface area contributed by atoms with E-state index in [1.807, 2.05) is 0 Å². The molecule has 2 aromatic carbocycles. The lowest BCUT2D eigenvalue weighted by molar-refractivity contribution is -0.128. The third-order valence-corrected chi connectivity index (χ3v) is 4.46. The van der Waals surface area contributed by atoms with Crippen LogP contribution in [0.2, 0.25) is 0 Å². The van der Waals surface area contributed by atoms with Crippen molar-refractivity contribution >= 4 is 11.8 Å². The molecule has 162 valence electrons. The molecule has 0 aromatic heterocycles. The maximum Gasteiger partial charge on any atom is 0.246 e. The van der Waals surface area contributed by atoms with Gasteiger partial charge >= 0.3 is 0 Å². The number of aryl methyl sites for hydroxylation is 1. The van der Waals surface area contributed by atoms with Gasteiger partial charge in [-0.2, -0.15) is 0 Å². The molecule has 9 heteroatoms. The van der Waals surface area contributed by atoms with E-state index >= 15 is 0 Å². The van der Waals surface area contributed by atoms with Gasteiger partial charge in [-0.3, -0.25) is 9.59 Å². The molecule has 2 N–H and O–H groups in total. The van der Waals surface area contributed by atoms with Gasteiger partial charge in [0.1, 0.15) is 6.04 Å². The first kappa shape index (κ1) is 22.9. The smallest absolute Gasteiger partial charge is 0.246 e. The van der Waals surface area contributed by atoms with E-state index in [1.54, 1.807) is 12.1 Å². The molecule has 0 aliphatic heterocycles. The number of benzene rings is 2. The number of carbonyl (C=O) groups excluding carboxylic acids is 2. The van der Waals surface area contributed by atoms with E-state index in [2.05, 4.69) is 10.6 Å². The van der Waals surface area contributed by atoms with Gasteiger partial charge in [0.25, 0.3) is 0 Å². The number of ether oxygens (including phenoxy) is 3. The third kappa shape index (κ3) is 5.37. The van der Waals surface area contributed by atoms with Crippen LogP contribution < -0.4 is 24.8 Å². The van der Waals surface area contributed by atoms with Gasteiger partial charge in [-0.15, -0.1) is 0 Å². The van der Waals surface area contributed by atoms with E-state index < -0.39 is 29.5 Å². The fourth-order valence-electron chi connectivity index (χ4n) is 2.91. The zero-order valence-corrected chi connectivity index (χ0v) is 17.2. The van der Waals surface area contributed by atoms with E-state index in [0.717, 1.165) is 17.7 Å². The van der Waals surface area contributed by atoms with E-state index in [1.165, 1.54) is 34.4 Å². The Morgan fingerprint density at radius 1 is 0.967 bits per heavy atom. The molecule has 0 radical (unpaired) electrons. The van der Waals surface area contributed by atoms with Gasteiger partial charge in [0.15, 0.2) is 23.1 Å². The van der Waals surface area contributed by atoms with Crippen molar-refractivity contribution in [3.63, 3.8) is 0 Å². The Morgan fingerprint density at radius 2 is 1.60 bits per heavy atom. The molecular formula is C21H24F2N2O5. The quantitative estimate of drug-likeness (QED) is 0.649. The molecule has 1 atom stereocenters. The Morgan fingerprint density at radius 3 is 2.10 bits per heavy atom. The monoisotopic (exact) mass is 422 g/mol. The minimum absolute atomic E-state index is 0.0375. The highest BCUT2D eigenvalue weighted by Gasteiger charge is 2.23. The molecule has 0 bridgehead atoms. The van der Waals surface area contributed by atoms with E-state index in [0.29, 0.717) is 23.7 Å². The fraction of sp³-hybridized carbons (Fsp3) is 0.333. The molecule has 0 saturated carbocycles. The van der Waals surface area contributed by atoms with Gasteiger partial charge in [0, 0.05) is 13.5 Å². The highest BCUT2D eigenvalue weighted by molar-refractivity contribution is 5.88. The lowest BCUT2D eigenvalue weighted by Crippen LogP contribution is -2.39. The van der Waals surface area contributed by atoms with Crippen molar-refractivity contribution in [1.82, 2.24) is 10.6 Å². The summed E-state index contributed by atoms with van der Waals surface area (Å²) in [7, 11) is 5.86. The lowest BCUT2D eigenvalue weighted by Gasteiger charge is -2.18. The number of carbonyl (C=O) groups is 2. The highest BCUT2D eigenvalue weighted by atomic mass is 19.2. The Kier molecular flexibility index (Phi) is 7.97. The Labute approximate surface area is 173 Å². The molecule has 30 heavy (non-hydrogen) atoms. The van der Waals surface area contributed by atoms with Crippen LogP contribution in [-0.2, 0) is 16.0 Å². The molecule has 0 saturated heterocycles. The maximum absolute atomic E-state index is 13.6. The lowest BCUT2D eigenvalue weighted by atomic mass is 10.0. The van der Waals surface area contributed by atoms with Crippen LogP contribution in [0.25, 0.3) is 0 Å². The maximum atomic E-state index is 13.6. The van der Waals surface area contributed by atoms with E-state index in [-0.39, 0.29) is 12.0 Å². The van der Waals surface area contributed by atoms with E-state index in [4.69, 9.17) is 14.2 Å². The zero-order valence-electron chi connectivity index (χ0n) is 17.2. The second kappa shape index (κ2) is 10.4. The van der Waals surface area contributed by atoms with Crippen molar-refractivity contribution in [3.8, 4) is 17.2 Å². The molecule has 2 amide bonds. The Hall–Kier alpha value is -3.36. The number of likely N-dealkylation sites (N-methyl/N-ethyl adjacent to an activating group) is 1. The summed E-state index contributed by atoms with van der Waals surface area (Å²) in [6, 6.07) is 5.33. The molecule has 7 nitrogen and oxygen atoms in total. The zero-order chi connectivity index (χ0) is 22.3. The third-order valence-electron chi connectivity index (χ3n) is 4.46. The first-order valence-electron chi connectivity index (χ1n) is 9.09. The van der Waals surface area contributed by atoms with Gasteiger partial charge in [-0.05, 0) is 41.8 Å². The summed E-state index contributed by atoms with van der Waals surface area (Å²) in [5, 5.41) is 4.96. The fourth-order valence-corrected chi connectivity index (χ4v) is 2.91. The summed E-state index contributed by atoms with van der Waals surface area (Å²) in [5.41, 5.74) is 0.887. The summed E-state index contributed by atoms with van der Waals surface area (Å²) in [6.45, 7) is 0. The van der Waals surface area contributed by atoms with Gasteiger partial charge in [0.2, 0.25) is 17.6 Å². The second-order valence-corrected chi connectivity index (χ2v) is 6.32. The topological polar surface area (TPSA) is 85.9 Å². The van der Waals surface area contributed by atoms with Gasteiger partial charge in [-0.1, -0.05) is 6.07 Å². The van der Waals surface area contributed by atoms with Crippen LogP contribution in [-0.4, -0.2) is 40.2 Å². The number of hydrogen-bond acceptors (Lipinski definition) is 5. The van der Waals surface area contributed by atoms with Crippen molar-refractivity contribution in [2.75, 3.05) is 28.4 Å². The largest absolute Gasteiger partial charge is 0.493 e. The summed E-state index contributed by atoms with van der Waals surface area (Å²) < 4.78 is 42.6. The van der Waals surface area contributed by atoms with Crippen LogP contribution in [0.15, 0.2) is 30.3 Å². The summed E-state index contributed by atoms with van der Waals surface area (Å²) >= 11 is 0. The van der Waals surface area contributed by atoms with Gasteiger partial charge in [-0.25, -0.2) is 8.78 Å². The van der Waals surface area contributed by atoms with Crippen LogP contribution in [0.4, 0.5) is 8.78 Å². The number of rotatable bonds is 9. The van der Waals surface area contributed by atoms with Crippen LogP contribution in [0.5, 0.6) is 17.2 Å². The number of hydrogen-bond donors (Lipinski definition) is 2. The first-order chi connectivity index (χ1) is 14.3. The minimum atomic E-state index is -1.16. The highest BCUT2D eigenvalue weighted by Crippen LogP contribution is 2.38. The molecule has 0 aliphatic carbocycles. The second-order valence-electron chi connectivity index (χ2n) is 6.32. The first-order valence-corrected chi connectivity index (χ1v) is 9.09.